The molecule has 4 nitrogen and oxygen atoms in total. The molecule has 0 spiro atoms. The minimum absolute atomic E-state index is 0.0296. The fourth-order valence-corrected chi connectivity index (χ4v) is 5.19. The largest absolute Gasteiger partial charge is 0.325 e. The van der Waals surface area contributed by atoms with Crippen LogP contribution in [0, 0.1) is 5.92 Å². The number of likely N-dealkylation sites (N-methyl/N-ethyl adjacent to an activating group) is 1. The Bertz CT molecular complexity index is 350. The van der Waals surface area contributed by atoms with E-state index in [1.807, 2.05) is 7.05 Å². The molecule has 2 aliphatic rings. The molecule has 1 saturated heterocycles. The summed E-state index contributed by atoms with van der Waals surface area (Å²) in [6, 6.07) is -0.171. The maximum atomic E-state index is 11.5. The van der Waals surface area contributed by atoms with Crippen LogP contribution in [0.1, 0.15) is 32.1 Å². The molecule has 2 N–H and O–H groups in total. The van der Waals surface area contributed by atoms with Crippen molar-refractivity contribution in [1.82, 2.24) is 4.90 Å². The summed E-state index contributed by atoms with van der Waals surface area (Å²) in [4.78, 5) is 2.19. The predicted molar refractivity (Wildman–Crippen MR) is 69.6 cm³/mol. The second-order valence-corrected chi connectivity index (χ2v) is 7.91. The van der Waals surface area contributed by atoms with Crippen molar-refractivity contribution in [2.24, 2.45) is 11.7 Å². The van der Waals surface area contributed by atoms with Gasteiger partial charge in [0.05, 0.1) is 11.5 Å². The lowest BCUT2D eigenvalue weighted by Gasteiger charge is -2.32. The summed E-state index contributed by atoms with van der Waals surface area (Å²) in [7, 11) is -0.869. The number of sulfone groups is 1. The van der Waals surface area contributed by atoms with Crippen LogP contribution in [0.25, 0.3) is 0 Å². The van der Waals surface area contributed by atoms with Crippen LogP contribution in [0.5, 0.6) is 0 Å². The Morgan fingerprint density at radius 2 is 1.82 bits per heavy atom. The second kappa shape index (κ2) is 5.24. The van der Waals surface area contributed by atoms with Gasteiger partial charge in [0.1, 0.15) is 0 Å². The molecule has 2 fully saturated rings. The topological polar surface area (TPSA) is 63.4 Å². The monoisotopic (exact) mass is 260 g/mol. The fraction of sp³-hybridized carbons (Fsp3) is 1.00. The Balaban J connectivity index is 1.89. The lowest BCUT2D eigenvalue weighted by Crippen LogP contribution is -2.46. The average molecular weight is 260 g/mol. The molecule has 1 heterocycles. The second-order valence-electron chi connectivity index (χ2n) is 5.75. The Morgan fingerprint density at radius 3 is 2.35 bits per heavy atom. The molecule has 1 aliphatic carbocycles. The van der Waals surface area contributed by atoms with Crippen molar-refractivity contribution in [3.63, 3.8) is 0 Å². The summed E-state index contributed by atoms with van der Waals surface area (Å²) in [5.74, 6) is 1.15. The van der Waals surface area contributed by atoms with Crippen LogP contribution in [-0.2, 0) is 9.84 Å². The molecule has 17 heavy (non-hydrogen) atoms. The molecule has 0 radical (unpaired) electrons. The average Bonchev–Trinajstić information content (AvgIpc) is 2.54. The molecule has 2 atom stereocenters. The first-order valence-corrected chi connectivity index (χ1v) is 8.46. The third-order valence-electron chi connectivity index (χ3n) is 4.20. The molecular formula is C12H24N2O2S. The first-order valence-electron chi connectivity index (χ1n) is 6.64. The molecule has 0 aromatic carbocycles. The van der Waals surface area contributed by atoms with Gasteiger partial charge in [-0.25, -0.2) is 8.42 Å². The Labute approximate surface area is 104 Å². The lowest BCUT2D eigenvalue weighted by atomic mass is 9.88. The van der Waals surface area contributed by atoms with Gasteiger partial charge in [0.15, 0.2) is 9.84 Å². The van der Waals surface area contributed by atoms with Crippen LogP contribution in [0.2, 0.25) is 0 Å². The number of nitrogens with zero attached hydrogens (tertiary/aromatic N) is 1. The van der Waals surface area contributed by atoms with E-state index in [0.717, 1.165) is 12.5 Å². The highest BCUT2D eigenvalue weighted by atomic mass is 32.2. The van der Waals surface area contributed by atoms with Crippen molar-refractivity contribution in [1.29, 1.82) is 0 Å². The third kappa shape index (κ3) is 3.42. The van der Waals surface area contributed by atoms with Gasteiger partial charge >= 0.3 is 0 Å². The Kier molecular flexibility index (Phi) is 4.10. The van der Waals surface area contributed by atoms with Gasteiger partial charge in [0.25, 0.3) is 0 Å². The van der Waals surface area contributed by atoms with Crippen molar-refractivity contribution in [3.8, 4) is 0 Å². The number of rotatable bonds is 3. The molecule has 0 bridgehead atoms. The van der Waals surface area contributed by atoms with E-state index in [2.05, 4.69) is 4.90 Å². The van der Waals surface area contributed by atoms with Crippen LogP contribution in [-0.4, -0.2) is 50.5 Å². The first kappa shape index (κ1) is 13.3. The van der Waals surface area contributed by atoms with Crippen LogP contribution in [0.4, 0.5) is 0 Å². The van der Waals surface area contributed by atoms with Crippen LogP contribution in [0.15, 0.2) is 0 Å². The Hall–Kier alpha value is -0.130. The van der Waals surface area contributed by atoms with Gasteiger partial charge in [-0.3, -0.25) is 0 Å². The normalized spacial score (nSPS) is 34.3. The van der Waals surface area contributed by atoms with Crippen LogP contribution >= 0.6 is 0 Å². The Morgan fingerprint density at radius 1 is 1.18 bits per heavy atom. The van der Waals surface area contributed by atoms with Crippen LogP contribution < -0.4 is 5.73 Å². The zero-order valence-corrected chi connectivity index (χ0v) is 11.5. The third-order valence-corrected chi connectivity index (χ3v) is 5.94. The highest BCUT2D eigenvalue weighted by molar-refractivity contribution is 7.91. The van der Waals surface area contributed by atoms with E-state index in [-0.39, 0.29) is 23.6 Å². The molecule has 2 rings (SSSR count). The van der Waals surface area contributed by atoms with E-state index in [9.17, 15) is 8.42 Å². The summed E-state index contributed by atoms with van der Waals surface area (Å²) in [5, 5.41) is 0. The summed E-state index contributed by atoms with van der Waals surface area (Å²) in [6.45, 7) is 1.01. The van der Waals surface area contributed by atoms with Gasteiger partial charge in [0, 0.05) is 18.6 Å². The van der Waals surface area contributed by atoms with E-state index in [1.54, 1.807) is 0 Å². The van der Waals surface area contributed by atoms with E-state index < -0.39 is 9.84 Å². The summed E-state index contributed by atoms with van der Waals surface area (Å²) in [6.07, 6.45) is 6.59. The number of hydrogen-bond acceptors (Lipinski definition) is 4. The smallest absolute Gasteiger partial charge is 0.153 e. The van der Waals surface area contributed by atoms with Crippen LogP contribution in [0.3, 0.4) is 0 Å². The molecule has 5 heteroatoms. The summed E-state index contributed by atoms with van der Waals surface area (Å²) >= 11 is 0. The molecule has 0 aromatic heterocycles. The van der Waals surface area contributed by atoms with Gasteiger partial charge < -0.3 is 10.6 Å². The highest BCUT2D eigenvalue weighted by Crippen LogP contribution is 2.26. The standard InChI is InChI=1S/C12H24N2O2S/c1-14(7-10-5-3-2-4-6-10)12-9-17(15,16)8-11(12)13/h10-12H,2-9,13H2,1H3. The van der Waals surface area contributed by atoms with Gasteiger partial charge in [-0.15, -0.1) is 0 Å². The van der Waals surface area contributed by atoms with Crippen molar-refractivity contribution in [3.05, 3.63) is 0 Å². The van der Waals surface area contributed by atoms with E-state index in [1.165, 1.54) is 32.1 Å². The maximum Gasteiger partial charge on any atom is 0.153 e. The van der Waals surface area contributed by atoms with Crippen molar-refractivity contribution in [2.45, 2.75) is 44.2 Å². The molecule has 1 aliphatic heterocycles. The molecule has 0 aromatic rings. The van der Waals surface area contributed by atoms with E-state index >= 15 is 0 Å². The van der Waals surface area contributed by atoms with Gasteiger partial charge in [-0.1, -0.05) is 19.3 Å². The fourth-order valence-electron chi connectivity index (χ4n) is 3.22. The van der Waals surface area contributed by atoms with Crippen molar-refractivity contribution in [2.75, 3.05) is 25.1 Å². The van der Waals surface area contributed by atoms with Crippen molar-refractivity contribution >= 4 is 9.84 Å². The van der Waals surface area contributed by atoms with E-state index in [0.29, 0.717) is 0 Å². The molecule has 1 saturated carbocycles. The summed E-state index contributed by atoms with van der Waals surface area (Å²) in [5.41, 5.74) is 5.94. The SMILES string of the molecule is CN(CC1CCCCC1)C1CS(=O)(=O)CC1N. The quantitative estimate of drug-likeness (QED) is 0.808. The van der Waals surface area contributed by atoms with E-state index in [4.69, 9.17) is 5.73 Å². The highest BCUT2D eigenvalue weighted by Gasteiger charge is 2.38. The first-order chi connectivity index (χ1) is 7.98. The minimum atomic E-state index is -2.90. The lowest BCUT2D eigenvalue weighted by molar-refractivity contribution is 0.184. The predicted octanol–water partition coefficient (Wildman–Crippen LogP) is 0.623. The van der Waals surface area contributed by atoms with Gasteiger partial charge in [0.2, 0.25) is 0 Å². The summed E-state index contributed by atoms with van der Waals surface area (Å²) < 4.78 is 23.1. The number of nitrogens with two attached hydrogens (primary N) is 1. The maximum absolute atomic E-state index is 11.5. The molecule has 2 unspecified atom stereocenters. The molecule has 0 amide bonds. The minimum Gasteiger partial charge on any atom is -0.325 e. The molecule has 100 valence electrons. The van der Waals surface area contributed by atoms with Gasteiger partial charge in [-0.2, -0.15) is 0 Å². The zero-order valence-electron chi connectivity index (χ0n) is 10.6. The molecular weight excluding hydrogens is 236 g/mol. The van der Waals surface area contributed by atoms with Crippen molar-refractivity contribution < 1.29 is 8.42 Å². The zero-order chi connectivity index (χ0) is 12.5. The van der Waals surface area contributed by atoms with Gasteiger partial charge in [-0.05, 0) is 25.8 Å². The number of hydrogen-bond donors (Lipinski definition) is 1.